The van der Waals surface area contributed by atoms with Crippen LogP contribution >= 0.6 is 11.3 Å². The lowest BCUT2D eigenvalue weighted by atomic mass is 10.2. The molecule has 1 aliphatic heterocycles. The Kier molecular flexibility index (Phi) is 4.22. The minimum absolute atomic E-state index is 0.0392. The summed E-state index contributed by atoms with van der Waals surface area (Å²) in [6.07, 6.45) is 0. The van der Waals surface area contributed by atoms with Gasteiger partial charge in [0.2, 0.25) is 0 Å². The molecule has 116 valence electrons. The topological polar surface area (TPSA) is 45.2 Å². The van der Waals surface area contributed by atoms with Crippen LogP contribution in [0.15, 0.2) is 24.3 Å². The minimum atomic E-state index is -0.275. The van der Waals surface area contributed by atoms with Gasteiger partial charge in [0.05, 0.1) is 5.69 Å². The van der Waals surface area contributed by atoms with Crippen molar-refractivity contribution in [2.24, 2.45) is 0 Å². The third kappa shape index (κ3) is 2.89. The average molecular weight is 319 g/mol. The van der Waals surface area contributed by atoms with Crippen LogP contribution in [-0.2, 0) is 0 Å². The highest BCUT2D eigenvalue weighted by Gasteiger charge is 2.27. The second-order valence-electron chi connectivity index (χ2n) is 5.49. The molecule has 1 N–H and O–H groups in total. The number of hydrogen-bond donors (Lipinski definition) is 1. The molecule has 1 atom stereocenters. The molecule has 22 heavy (non-hydrogen) atoms. The van der Waals surface area contributed by atoms with Gasteiger partial charge in [-0.15, -0.1) is 11.3 Å². The van der Waals surface area contributed by atoms with E-state index in [1.165, 1.54) is 23.5 Å². The van der Waals surface area contributed by atoms with Crippen LogP contribution in [0.5, 0.6) is 0 Å². The van der Waals surface area contributed by atoms with E-state index < -0.39 is 0 Å². The first-order valence-electron chi connectivity index (χ1n) is 7.31. The van der Waals surface area contributed by atoms with Crippen LogP contribution in [-0.4, -0.2) is 41.5 Å². The standard InChI is InChI=1S/C16H18FN3OS/c1-10-9-18-7-8-20(10)16(21)14-11(2)19-15(22-14)12-3-5-13(17)6-4-12/h3-6,10,18H,7-9H2,1-2H3. The van der Waals surface area contributed by atoms with Crippen molar-refractivity contribution >= 4 is 17.2 Å². The number of carbonyl (C=O) groups is 1. The summed E-state index contributed by atoms with van der Waals surface area (Å²) in [5.41, 5.74) is 1.57. The van der Waals surface area contributed by atoms with Crippen LogP contribution in [0.4, 0.5) is 4.39 Å². The number of amides is 1. The first-order valence-corrected chi connectivity index (χ1v) is 8.13. The van der Waals surface area contributed by atoms with Crippen LogP contribution in [0.3, 0.4) is 0 Å². The van der Waals surface area contributed by atoms with E-state index in [1.54, 1.807) is 12.1 Å². The van der Waals surface area contributed by atoms with Gasteiger partial charge in [-0.1, -0.05) is 0 Å². The normalized spacial score (nSPS) is 18.5. The fraction of sp³-hybridized carbons (Fsp3) is 0.375. The molecule has 1 aromatic heterocycles. The number of nitrogens with one attached hydrogen (secondary N) is 1. The smallest absolute Gasteiger partial charge is 0.266 e. The summed E-state index contributed by atoms with van der Waals surface area (Å²) in [6.45, 7) is 6.24. The minimum Gasteiger partial charge on any atom is -0.333 e. The van der Waals surface area contributed by atoms with Crippen molar-refractivity contribution in [3.05, 3.63) is 40.7 Å². The molecule has 1 amide bonds. The van der Waals surface area contributed by atoms with Crippen LogP contribution in [0.2, 0.25) is 0 Å². The highest BCUT2D eigenvalue weighted by molar-refractivity contribution is 7.17. The molecule has 1 unspecified atom stereocenters. The maximum atomic E-state index is 13.0. The molecule has 0 aliphatic carbocycles. The Morgan fingerprint density at radius 1 is 1.41 bits per heavy atom. The van der Waals surface area contributed by atoms with E-state index in [4.69, 9.17) is 0 Å². The number of carbonyl (C=O) groups excluding carboxylic acids is 1. The second-order valence-corrected chi connectivity index (χ2v) is 6.49. The molecule has 1 aliphatic rings. The van der Waals surface area contributed by atoms with Crippen molar-refractivity contribution in [1.29, 1.82) is 0 Å². The fourth-order valence-electron chi connectivity index (χ4n) is 2.58. The maximum Gasteiger partial charge on any atom is 0.266 e. The SMILES string of the molecule is Cc1nc(-c2ccc(F)cc2)sc1C(=O)N1CCNCC1C. The van der Waals surface area contributed by atoms with E-state index in [0.29, 0.717) is 11.4 Å². The number of aryl methyl sites for hydroxylation is 1. The second kappa shape index (κ2) is 6.14. The molecule has 1 aromatic carbocycles. The van der Waals surface area contributed by atoms with Gasteiger partial charge < -0.3 is 10.2 Å². The van der Waals surface area contributed by atoms with Gasteiger partial charge in [0, 0.05) is 31.2 Å². The zero-order chi connectivity index (χ0) is 15.7. The average Bonchev–Trinajstić information content (AvgIpc) is 2.90. The van der Waals surface area contributed by atoms with E-state index in [1.807, 2.05) is 18.7 Å². The highest BCUT2D eigenvalue weighted by atomic mass is 32.1. The molecule has 2 heterocycles. The lowest BCUT2D eigenvalue weighted by molar-refractivity contribution is 0.0660. The Morgan fingerprint density at radius 2 is 2.14 bits per heavy atom. The van der Waals surface area contributed by atoms with Gasteiger partial charge in [0.1, 0.15) is 15.7 Å². The van der Waals surface area contributed by atoms with Gasteiger partial charge in [-0.3, -0.25) is 4.79 Å². The molecular weight excluding hydrogens is 301 g/mol. The summed E-state index contributed by atoms with van der Waals surface area (Å²) >= 11 is 1.38. The molecule has 1 fully saturated rings. The van der Waals surface area contributed by atoms with E-state index in [9.17, 15) is 9.18 Å². The third-order valence-electron chi connectivity index (χ3n) is 3.84. The molecule has 0 spiro atoms. The predicted molar refractivity (Wildman–Crippen MR) is 85.6 cm³/mol. The number of nitrogens with zero attached hydrogens (tertiary/aromatic N) is 2. The molecule has 1 saturated heterocycles. The van der Waals surface area contributed by atoms with E-state index >= 15 is 0 Å². The summed E-state index contributed by atoms with van der Waals surface area (Å²) < 4.78 is 13.0. The van der Waals surface area contributed by atoms with Crippen molar-refractivity contribution in [3.63, 3.8) is 0 Å². The summed E-state index contributed by atoms with van der Waals surface area (Å²) in [4.78, 5) is 19.8. The largest absolute Gasteiger partial charge is 0.333 e. The number of aromatic nitrogens is 1. The molecule has 2 aromatic rings. The summed E-state index contributed by atoms with van der Waals surface area (Å²) in [5.74, 6) is -0.236. The van der Waals surface area contributed by atoms with Crippen molar-refractivity contribution in [2.45, 2.75) is 19.9 Å². The van der Waals surface area contributed by atoms with E-state index in [2.05, 4.69) is 10.3 Å². The number of rotatable bonds is 2. The molecule has 0 radical (unpaired) electrons. The van der Waals surface area contributed by atoms with Gasteiger partial charge in [0.25, 0.3) is 5.91 Å². The van der Waals surface area contributed by atoms with Crippen LogP contribution in [0, 0.1) is 12.7 Å². The van der Waals surface area contributed by atoms with Gasteiger partial charge in [-0.05, 0) is 38.1 Å². The molecule has 6 heteroatoms. The predicted octanol–water partition coefficient (Wildman–Crippen LogP) is 2.69. The number of benzene rings is 1. The number of thiazole rings is 1. The third-order valence-corrected chi connectivity index (χ3v) is 5.04. The molecule has 0 saturated carbocycles. The summed E-state index contributed by atoms with van der Waals surface area (Å²) in [5, 5.41) is 4.03. The Hall–Kier alpha value is -1.79. The molecule has 0 bridgehead atoms. The molecule has 4 nitrogen and oxygen atoms in total. The van der Waals surface area contributed by atoms with Crippen molar-refractivity contribution in [1.82, 2.24) is 15.2 Å². The van der Waals surface area contributed by atoms with Crippen LogP contribution in [0.25, 0.3) is 10.6 Å². The Balaban J connectivity index is 1.88. The molecule has 3 rings (SSSR count). The summed E-state index contributed by atoms with van der Waals surface area (Å²) in [7, 11) is 0. The Bertz CT molecular complexity index is 683. The first kappa shape index (κ1) is 15.1. The first-order chi connectivity index (χ1) is 10.6. The number of piperazine rings is 1. The Labute approximate surface area is 133 Å². The monoisotopic (exact) mass is 319 g/mol. The van der Waals surface area contributed by atoms with Gasteiger partial charge >= 0.3 is 0 Å². The van der Waals surface area contributed by atoms with Gasteiger partial charge in [-0.25, -0.2) is 9.37 Å². The zero-order valence-electron chi connectivity index (χ0n) is 12.6. The highest BCUT2D eigenvalue weighted by Crippen LogP contribution is 2.29. The lowest BCUT2D eigenvalue weighted by Gasteiger charge is -2.33. The van der Waals surface area contributed by atoms with Crippen molar-refractivity contribution < 1.29 is 9.18 Å². The zero-order valence-corrected chi connectivity index (χ0v) is 13.4. The summed E-state index contributed by atoms with van der Waals surface area (Å²) in [6, 6.07) is 6.37. The number of hydrogen-bond acceptors (Lipinski definition) is 4. The quantitative estimate of drug-likeness (QED) is 0.926. The fourth-order valence-corrected chi connectivity index (χ4v) is 3.61. The van der Waals surface area contributed by atoms with Crippen molar-refractivity contribution in [3.8, 4) is 10.6 Å². The number of halogens is 1. The molecular formula is C16H18FN3OS. The lowest BCUT2D eigenvalue weighted by Crippen LogP contribution is -2.52. The van der Waals surface area contributed by atoms with E-state index in [0.717, 1.165) is 29.4 Å². The van der Waals surface area contributed by atoms with Gasteiger partial charge in [0.15, 0.2) is 0 Å². The van der Waals surface area contributed by atoms with Crippen LogP contribution in [0.1, 0.15) is 22.3 Å². The maximum absolute atomic E-state index is 13.0. The van der Waals surface area contributed by atoms with Crippen molar-refractivity contribution in [2.75, 3.05) is 19.6 Å². The Morgan fingerprint density at radius 3 is 2.82 bits per heavy atom. The van der Waals surface area contributed by atoms with Gasteiger partial charge in [-0.2, -0.15) is 0 Å². The van der Waals surface area contributed by atoms with E-state index in [-0.39, 0.29) is 17.8 Å². The van der Waals surface area contributed by atoms with Crippen LogP contribution < -0.4 is 5.32 Å².